The number of oxazole rings is 1. The van der Waals surface area contributed by atoms with Crippen molar-refractivity contribution in [2.45, 2.75) is 6.10 Å². The second-order valence-electron chi connectivity index (χ2n) is 4.81. The van der Waals surface area contributed by atoms with E-state index >= 15 is 0 Å². The van der Waals surface area contributed by atoms with Crippen LogP contribution in [0.4, 0.5) is 0 Å². The van der Waals surface area contributed by atoms with Crippen molar-refractivity contribution in [2.24, 2.45) is 0 Å². The van der Waals surface area contributed by atoms with Crippen molar-refractivity contribution >= 4 is 23.1 Å². The summed E-state index contributed by atoms with van der Waals surface area (Å²) in [6.45, 7) is 1.27. The van der Waals surface area contributed by atoms with Crippen LogP contribution in [0.3, 0.4) is 0 Å². The van der Waals surface area contributed by atoms with Gasteiger partial charge in [0.25, 0.3) is 0 Å². The smallest absolute Gasteiger partial charge is 0.246 e. The minimum absolute atomic E-state index is 0.0847. The molecule has 1 saturated heterocycles. The van der Waals surface area contributed by atoms with Gasteiger partial charge < -0.3 is 19.2 Å². The first-order valence-corrected chi connectivity index (χ1v) is 6.81. The molecule has 6 heteroatoms. The van der Waals surface area contributed by atoms with Crippen molar-refractivity contribution in [3.63, 3.8) is 0 Å². The van der Waals surface area contributed by atoms with Crippen LogP contribution in [0.2, 0.25) is 0 Å². The minimum Gasteiger partial charge on any atom is -0.437 e. The zero-order chi connectivity index (χ0) is 14.7. The van der Waals surface area contributed by atoms with E-state index in [1.807, 2.05) is 24.3 Å². The van der Waals surface area contributed by atoms with Crippen LogP contribution < -0.4 is 0 Å². The third-order valence-electron chi connectivity index (χ3n) is 3.33. The van der Waals surface area contributed by atoms with Crippen LogP contribution in [0.1, 0.15) is 5.89 Å². The summed E-state index contributed by atoms with van der Waals surface area (Å²) >= 11 is 0. The van der Waals surface area contributed by atoms with Gasteiger partial charge in [-0.25, -0.2) is 4.98 Å². The first-order chi connectivity index (χ1) is 10.3. The van der Waals surface area contributed by atoms with Crippen molar-refractivity contribution in [3.8, 4) is 0 Å². The molecule has 0 spiro atoms. The fraction of sp³-hybridized carbons (Fsp3) is 0.333. The maximum Gasteiger partial charge on any atom is 0.246 e. The highest BCUT2D eigenvalue weighted by Gasteiger charge is 2.22. The van der Waals surface area contributed by atoms with Crippen LogP contribution >= 0.6 is 0 Å². The maximum atomic E-state index is 12.1. The standard InChI is InChI=1S/C15H16N2O4/c18-10-11-9-17(7-8-20-11)15(19)6-5-14-16-12-3-1-2-4-13(12)21-14/h1-6,11,18H,7-10H2/b6-5+. The van der Waals surface area contributed by atoms with E-state index in [9.17, 15) is 4.79 Å². The Labute approximate surface area is 121 Å². The monoisotopic (exact) mass is 288 g/mol. The molecule has 110 valence electrons. The molecule has 0 radical (unpaired) electrons. The second kappa shape index (κ2) is 6.07. The Morgan fingerprint density at radius 3 is 3.14 bits per heavy atom. The van der Waals surface area contributed by atoms with Gasteiger partial charge in [0.2, 0.25) is 11.8 Å². The van der Waals surface area contributed by atoms with E-state index < -0.39 is 0 Å². The highest BCUT2D eigenvalue weighted by Crippen LogP contribution is 2.15. The van der Waals surface area contributed by atoms with Gasteiger partial charge in [-0.05, 0) is 12.1 Å². The van der Waals surface area contributed by atoms with Crippen molar-refractivity contribution < 1.29 is 19.1 Å². The third kappa shape index (κ3) is 3.12. The number of nitrogens with zero attached hydrogens (tertiary/aromatic N) is 2. The normalized spacial score (nSPS) is 19.5. The van der Waals surface area contributed by atoms with Gasteiger partial charge >= 0.3 is 0 Å². The van der Waals surface area contributed by atoms with Crippen LogP contribution in [0.5, 0.6) is 0 Å². The second-order valence-corrected chi connectivity index (χ2v) is 4.81. The molecule has 1 N–H and O–H groups in total. The molecular formula is C15H16N2O4. The number of amides is 1. The molecule has 1 atom stereocenters. The average Bonchev–Trinajstić information content (AvgIpc) is 2.95. The number of hydrogen-bond donors (Lipinski definition) is 1. The van der Waals surface area contributed by atoms with Crippen LogP contribution in [0.15, 0.2) is 34.8 Å². The lowest BCUT2D eigenvalue weighted by molar-refractivity contribution is -0.134. The molecule has 1 amide bonds. The molecule has 21 heavy (non-hydrogen) atoms. The van der Waals surface area contributed by atoms with E-state index in [0.717, 1.165) is 5.52 Å². The summed E-state index contributed by atoms with van der Waals surface area (Å²) in [6.07, 6.45) is 2.69. The van der Waals surface area contributed by atoms with Crippen LogP contribution in [-0.4, -0.2) is 53.3 Å². The van der Waals surface area contributed by atoms with Gasteiger partial charge in [0.1, 0.15) is 5.52 Å². The van der Waals surface area contributed by atoms with Crippen LogP contribution in [0.25, 0.3) is 17.2 Å². The van der Waals surface area contributed by atoms with Gasteiger partial charge in [-0.3, -0.25) is 4.79 Å². The van der Waals surface area contributed by atoms with E-state index in [1.165, 1.54) is 6.08 Å². The molecule has 1 fully saturated rings. The summed E-state index contributed by atoms with van der Waals surface area (Å²) < 4.78 is 10.8. The molecule has 0 saturated carbocycles. The predicted molar refractivity (Wildman–Crippen MR) is 76.4 cm³/mol. The number of benzene rings is 1. The molecule has 6 nitrogen and oxygen atoms in total. The van der Waals surface area contributed by atoms with E-state index in [2.05, 4.69) is 4.98 Å². The van der Waals surface area contributed by atoms with Crippen LogP contribution in [0, 0.1) is 0 Å². The number of rotatable bonds is 3. The Morgan fingerprint density at radius 2 is 2.33 bits per heavy atom. The van der Waals surface area contributed by atoms with Gasteiger partial charge in [-0.1, -0.05) is 12.1 Å². The molecule has 1 aromatic heterocycles. The number of ether oxygens (including phenoxy) is 1. The van der Waals surface area contributed by atoms with Crippen molar-refractivity contribution in [2.75, 3.05) is 26.3 Å². The minimum atomic E-state index is -0.305. The molecular weight excluding hydrogens is 272 g/mol. The lowest BCUT2D eigenvalue weighted by atomic mass is 10.2. The highest BCUT2D eigenvalue weighted by molar-refractivity contribution is 5.91. The Morgan fingerprint density at radius 1 is 1.48 bits per heavy atom. The number of hydrogen-bond acceptors (Lipinski definition) is 5. The van der Waals surface area contributed by atoms with E-state index in [0.29, 0.717) is 31.2 Å². The summed E-state index contributed by atoms with van der Waals surface area (Å²) in [7, 11) is 0. The lowest BCUT2D eigenvalue weighted by Crippen LogP contribution is -2.46. The molecule has 1 aromatic carbocycles. The quantitative estimate of drug-likeness (QED) is 0.855. The van der Waals surface area contributed by atoms with Crippen LogP contribution in [-0.2, 0) is 9.53 Å². The van der Waals surface area contributed by atoms with Crippen molar-refractivity contribution in [3.05, 3.63) is 36.2 Å². The summed E-state index contributed by atoms with van der Waals surface area (Å²) in [6, 6.07) is 7.43. The Hall–Kier alpha value is -2.18. The van der Waals surface area contributed by atoms with Gasteiger partial charge in [-0.2, -0.15) is 0 Å². The maximum absolute atomic E-state index is 12.1. The number of carbonyl (C=O) groups is 1. The highest BCUT2D eigenvalue weighted by atomic mass is 16.5. The molecule has 1 aliphatic heterocycles. The summed E-state index contributed by atoms with van der Waals surface area (Å²) in [5.41, 5.74) is 1.45. The average molecular weight is 288 g/mol. The number of aliphatic hydroxyl groups excluding tert-OH is 1. The number of aromatic nitrogens is 1. The van der Waals surface area contributed by atoms with Gasteiger partial charge in [-0.15, -0.1) is 0 Å². The fourth-order valence-corrected chi connectivity index (χ4v) is 2.24. The topological polar surface area (TPSA) is 75.8 Å². The molecule has 0 bridgehead atoms. The fourth-order valence-electron chi connectivity index (χ4n) is 2.24. The predicted octanol–water partition coefficient (Wildman–Crippen LogP) is 1.06. The number of para-hydroxylation sites is 2. The van der Waals surface area contributed by atoms with Gasteiger partial charge in [0.05, 0.1) is 19.3 Å². The molecule has 1 aliphatic rings. The molecule has 1 unspecified atom stereocenters. The molecule has 2 aromatic rings. The zero-order valence-corrected chi connectivity index (χ0v) is 11.4. The van der Waals surface area contributed by atoms with E-state index in [-0.39, 0.29) is 18.6 Å². The first-order valence-electron chi connectivity index (χ1n) is 6.81. The van der Waals surface area contributed by atoms with Gasteiger partial charge in [0.15, 0.2) is 5.58 Å². The third-order valence-corrected chi connectivity index (χ3v) is 3.33. The largest absolute Gasteiger partial charge is 0.437 e. The van der Waals surface area contributed by atoms with E-state index in [4.69, 9.17) is 14.3 Å². The van der Waals surface area contributed by atoms with Crippen molar-refractivity contribution in [1.82, 2.24) is 9.88 Å². The molecule has 2 heterocycles. The molecule has 0 aliphatic carbocycles. The molecule has 3 rings (SSSR count). The number of morpholine rings is 1. The van der Waals surface area contributed by atoms with Crippen molar-refractivity contribution in [1.29, 1.82) is 0 Å². The number of fused-ring (bicyclic) bond motifs is 1. The number of carbonyl (C=O) groups excluding carboxylic acids is 1. The zero-order valence-electron chi connectivity index (χ0n) is 11.4. The summed E-state index contributed by atoms with van der Waals surface area (Å²) in [5.74, 6) is 0.260. The first kappa shape index (κ1) is 13.8. The lowest BCUT2D eigenvalue weighted by Gasteiger charge is -2.31. The Kier molecular flexibility index (Phi) is 3.98. The summed E-state index contributed by atoms with van der Waals surface area (Å²) in [4.78, 5) is 18.0. The summed E-state index contributed by atoms with van der Waals surface area (Å²) in [5, 5.41) is 9.07. The number of aliphatic hydroxyl groups is 1. The van der Waals surface area contributed by atoms with E-state index in [1.54, 1.807) is 11.0 Å². The Balaban J connectivity index is 1.68. The Bertz CT molecular complexity index is 631. The SMILES string of the molecule is O=C(/C=C/c1nc2ccccc2o1)N1CCOC(CO)C1. The van der Waals surface area contributed by atoms with Gasteiger partial charge in [0, 0.05) is 25.2 Å².